The van der Waals surface area contributed by atoms with Gasteiger partial charge in [-0.1, -0.05) is 29.8 Å². The molecule has 2 bridgehead atoms. The number of rotatable bonds is 5. The van der Waals surface area contributed by atoms with Crippen molar-refractivity contribution < 1.29 is 19.5 Å². The summed E-state index contributed by atoms with van der Waals surface area (Å²) in [5.41, 5.74) is 2.37. The molecule has 154 valence electrons. The number of carbonyl (C=O) groups is 3. The molecular weight excluding hydrogens is 404 g/mol. The maximum absolute atomic E-state index is 12.9. The molecule has 30 heavy (non-hydrogen) atoms. The number of benzene rings is 2. The highest BCUT2D eigenvalue weighted by atomic mass is 35.5. The van der Waals surface area contributed by atoms with Crippen LogP contribution in [-0.2, 0) is 9.59 Å². The molecule has 0 radical (unpaired) electrons. The van der Waals surface area contributed by atoms with Gasteiger partial charge in [0.25, 0.3) is 5.91 Å². The lowest BCUT2D eigenvalue weighted by Crippen LogP contribution is -2.36. The molecule has 0 unspecified atom stereocenters. The average molecular weight is 425 g/mol. The molecule has 2 amide bonds. The molecule has 2 aromatic rings. The zero-order valence-electron chi connectivity index (χ0n) is 16.3. The number of hydrogen-bond donors (Lipinski definition) is 3. The van der Waals surface area contributed by atoms with Crippen LogP contribution in [0, 0.1) is 30.6 Å². The van der Waals surface area contributed by atoms with Crippen molar-refractivity contribution in [1.29, 1.82) is 0 Å². The van der Waals surface area contributed by atoms with E-state index in [1.165, 1.54) is 0 Å². The first kappa shape index (κ1) is 20.2. The van der Waals surface area contributed by atoms with Crippen molar-refractivity contribution in [2.45, 2.75) is 13.3 Å². The number of aryl methyl sites for hydroxylation is 1. The van der Waals surface area contributed by atoms with E-state index in [0.29, 0.717) is 28.4 Å². The minimum atomic E-state index is -0.938. The minimum Gasteiger partial charge on any atom is -0.481 e. The second-order valence-corrected chi connectivity index (χ2v) is 8.25. The minimum absolute atomic E-state index is 0.0503. The van der Waals surface area contributed by atoms with Crippen LogP contribution in [0.25, 0.3) is 0 Å². The normalized spacial score (nSPS) is 23.9. The molecule has 1 saturated carbocycles. The Balaban J connectivity index is 1.50. The molecule has 1 fully saturated rings. The number of halogens is 1. The van der Waals surface area contributed by atoms with Gasteiger partial charge in [0.1, 0.15) is 0 Å². The van der Waals surface area contributed by atoms with Gasteiger partial charge in [0.05, 0.1) is 11.8 Å². The van der Waals surface area contributed by atoms with E-state index in [-0.39, 0.29) is 23.7 Å². The molecule has 2 aromatic carbocycles. The highest BCUT2D eigenvalue weighted by molar-refractivity contribution is 6.30. The van der Waals surface area contributed by atoms with Crippen LogP contribution < -0.4 is 10.6 Å². The maximum Gasteiger partial charge on any atom is 0.307 e. The van der Waals surface area contributed by atoms with Crippen LogP contribution in [0.15, 0.2) is 54.6 Å². The van der Waals surface area contributed by atoms with E-state index < -0.39 is 17.8 Å². The summed E-state index contributed by atoms with van der Waals surface area (Å²) in [6.07, 6.45) is 4.55. The molecule has 4 atom stereocenters. The monoisotopic (exact) mass is 424 g/mol. The summed E-state index contributed by atoms with van der Waals surface area (Å²) in [4.78, 5) is 37.1. The molecule has 0 aromatic heterocycles. The molecule has 0 aliphatic heterocycles. The van der Waals surface area contributed by atoms with Crippen molar-refractivity contribution in [1.82, 2.24) is 0 Å². The van der Waals surface area contributed by atoms with Crippen molar-refractivity contribution in [2.24, 2.45) is 23.7 Å². The van der Waals surface area contributed by atoms with Crippen molar-refractivity contribution in [2.75, 3.05) is 10.6 Å². The Morgan fingerprint density at radius 1 is 0.967 bits per heavy atom. The van der Waals surface area contributed by atoms with Gasteiger partial charge in [-0.2, -0.15) is 0 Å². The Hall–Kier alpha value is -3.12. The van der Waals surface area contributed by atoms with Gasteiger partial charge in [0, 0.05) is 22.0 Å². The summed E-state index contributed by atoms with van der Waals surface area (Å²) in [6, 6.07) is 11.8. The van der Waals surface area contributed by atoms with Gasteiger partial charge < -0.3 is 15.7 Å². The third-order valence-electron chi connectivity index (χ3n) is 5.91. The molecule has 2 aliphatic rings. The number of fused-ring (bicyclic) bond motifs is 2. The Morgan fingerprint density at radius 2 is 1.63 bits per heavy atom. The Bertz CT molecular complexity index is 1050. The lowest BCUT2D eigenvalue weighted by molar-refractivity contribution is -0.146. The summed E-state index contributed by atoms with van der Waals surface area (Å²) in [6.45, 7) is 1.85. The first-order valence-corrected chi connectivity index (χ1v) is 10.1. The van der Waals surface area contributed by atoms with Crippen LogP contribution in [0.2, 0.25) is 5.02 Å². The van der Waals surface area contributed by atoms with Gasteiger partial charge in [0.15, 0.2) is 0 Å². The van der Waals surface area contributed by atoms with E-state index in [1.54, 1.807) is 42.5 Å². The zero-order valence-corrected chi connectivity index (χ0v) is 17.0. The third kappa shape index (κ3) is 3.83. The lowest BCUT2D eigenvalue weighted by atomic mass is 9.82. The van der Waals surface area contributed by atoms with Crippen molar-refractivity contribution in [3.8, 4) is 0 Å². The van der Waals surface area contributed by atoms with Gasteiger partial charge in [0.2, 0.25) is 5.91 Å². The number of hydrogen-bond acceptors (Lipinski definition) is 3. The molecule has 4 rings (SSSR count). The van der Waals surface area contributed by atoms with Crippen molar-refractivity contribution >= 4 is 40.8 Å². The number of allylic oxidation sites excluding steroid dienone is 2. The first-order chi connectivity index (χ1) is 14.3. The fraction of sp³-hybridized carbons (Fsp3) is 0.261. The largest absolute Gasteiger partial charge is 0.481 e. The second-order valence-electron chi connectivity index (χ2n) is 7.82. The number of anilines is 2. The van der Waals surface area contributed by atoms with E-state index in [0.717, 1.165) is 5.56 Å². The van der Waals surface area contributed by atoms with Gasteiger partial charge in [-0.3, -0.25) is 14.4 Å². The Labute approximate surface area is 178 Å². The lowest BCUT2D eigenvalue weighted by Gasteiger charge is -2.24. The smallest absolute Gasteiger partial charge is 0.307 e. The number of nitrogens with one attached hydrogen (secondary N) is 2. The predicted octanol–water partition coefficient (Wildman–Crippen LogP) is 4.36. The molecule has 0 saturated heterocycles. The number of carboxylic acids is 1. The molecule has 0 spiro atoms. The van der Waals surface area contributed by atoms with Gasteiger partial charge in [-0.15, -0.1) is 0 Å². The highest BCUT2D eigenvalue weighted by Gasteiger charge is 2.51. The summed E-state index contributed by atoms with van der Waals surface area (Å²) in [5, 5.41) is 15.8. The Morgan fingerprint density at radius 3 is 2.30 bits per heavy atom. The fourth-order valence-electron chi connectivity index (χ4n) is 4.37. The maximum atomic E-state index is 12.9. The molecule has 3 N–H and O–H groups in total. The summed E-state index contributed by atoms with van der Waals surface area (Å²) in [7, 11) is 0. The van der Waals surface area contributed by atoms with Crippen LogP contribution in [0.5, 0.6) is 0 Å². The third-order valence-corrected chi connectivity index (χ3v) is 6.16. The van der Waals surface area contributed by atoms with Crippen molar-refractivity contribution in [3.05, 3.63) is 70.8 Å². The second kappa shape index (κ2) is 7.95. The van der Waals surface area contributed by atoms with Crippen LogP contribution >= 0.6 is 11.6 Å². The van der Waals surface area contributed by atoms with E-state index in [2.05, 4.69) is 10.6 Å². The zero-order chi connectivity index (χ0) is 21.4. The van der Waals surface area contributed by atoms with Crippen LogP contribution in [0.1, 0.15) is 22.3 Å². The number of aliphatic carboxylic acids is 1. The number of amides is 2. The van der Waals surface area contributed by atoms with Crippen molar-refractivity contribution in [3.63, 3.8) is 0 Å². The predicted molar refractivity (Wildman–Crippen MR) is 115 cm³/mol. The summed E-state index contributed by atoms with van der Waals surface area (Å²) < 4.78 is 0. The Kier molecular flexibility index (Phi) is 5.35. The SMILES string of the molecule is Cc1ccc(NC(=O)[C@H]2[C@@H](C(=O)O)[C@H]3C=C[C@@H]2C3)cc1NC(=O)c1ccc(Cl)cc1. The van der Waals surface area contributed by atoms with Crippen LogP contribution in [0.3, 0.4) is 0 Å². The topological polar surface area (TPSA) is 95.5 Å². The molecule has 2 aliphatic carbocycles. The van der Waals surface area contributed by atoms with Gasteiger partial charge >= 0.3 is 5.97 Å². The first-order valence-electron chi connectivity index (χ1n) is 9.73. The van der Waals surface area contributed by atoms with Crippen LogP contribution in [-0.4, -0.2) is 22.9 Å². The van der Waals surface area contributed by atoms with Crippen LogP contribution in [0.4, 0.5) is 11.4 Å². The molecule has 6 nitrogen and oxygen atoms in total. The van der Waals surface area contributed by atoms with E-state index in [1.807, 2.05) is 19.1 Å². The number of carbonyl (C=O) groups excluding carboxylic acids is 2. The molecule has 7 heteroatoms. The summed E-state index contributed by atoms with van der Waals surface area (Å²) >= 11 is 5.87. The number of carboxylic acid groups (broad SMARTS) is 1. The molecular formula is C23H21ClN2O4. The molecule has 0 heterocycles. The van der Waals surface area contributed by atoms with Gasteiger partial charge in [-0.05, 0) is 67.1 Å². The van der Waals surface area contributed by atoms with Gasteiger partial charge in [-0.25, -0.2) is 0 Å². The highest BCUT2D eigenvalue weighted by Crippen LogP contribution is 2.48. The average Bonchev–Trinajstić information content (AvgIpc) is 3.32. The van der Waals surface area contributed by atoms with E-state index >= 15 is 0 Å². The standard InChI is InChI=1S/C23H21ClN2O4/c1-12-2-9-17(11-18(12)26-21(27)13-5-7-16(24)8-6-13)25-22(28)19-14-3-4-15(10-14)20(19)23(29)30/h2-9,11,14-15,19-20H,10H2,1H3,(H,25,28)(H,26,27)(H,29,30)/t14-,15+,19-,20+/m1/s1. The van der Waals surface area contributed by atoms with E-state index in [9.17, 15) is 19.5 Å². The van der Waals surface area contributed by atoms with E-state index in [4.69, 9.17) is 11.6 Å². The summed E-state index contributed by atoms with van der Waals surface area (Å²) in [5.74, 6) is -2.96. The fourth-order valence-corrected chi connectivity index (χ4v) is 4.50. The quantitative estimate of drug-likeness (QED) is 0.621.